The van der Waals surface area contributed by atoms with Crippen LogP contribution in [0.15, 0.2) is 40.4 Å². The van der Waals surface area contributed by atoms with E-state index >= 15 is 0 Å². The highest BCUT2D eigenvalue weighted by Gasteiger charge is 1.93. The van der Waals surface area contributed by atoms with Crippen molar-refractivity contribution in [2.45, 2.75) is 13.3 Å². The predicted molar refractivity (Wildman–Crippen MR) is 60.7 cm³/mol. The molecule has 0 saturated heterocycles. The largest absolute Gasteiger partial charge is 0.327 e. The zero-order valence-corrected chi connectivity index (χ0v) is 9.34. The maximum absolute atomic E-state index is 5.42. The predicted octanol–water partition coefficient (Wildman–Crippen LogP) is 2.90. The second kappa shape index (κ2) is 5.20. The van der Waals surface area contributed by atoms with Crippen molar-refractivity contribution < 1.29 is 0 Å². The van der Waals surface area contributed by atoms with E-state index in [1.54, 1.807) is 0 Å². The fraction of sp³-hybridized carbons (Fsp3) is 0.273. The molecule has 0 unspecified atom stereocenters. The van der Waals surface area contributed by atoms with Gasteiger partial charge in [0.1, 0.15) is 0 Å². The van der Waals surface area contributed by atoms with Gasteiger partial charge in [-0.05, 0) is 31.0 Å². The van der Waals surface area contributed by atoms with Gasteiger partial charge >= 0.3 is 0 Å². The third kappa shape index (κ3) is 3.75. The van der Waals surface area contributed by atoms with Gasteiger partial charge in [-0.15, -0.1) is 0 Å². The molecule has 2 N–H and O–H groups in total. The summed E-state index contributed by atoms with van der Waals surface area (Å²) in [4.78, 5) is 0. The first-order valence-electron chi connectivity index (χ1n) is 4.32. The van der Waals surface area contributed by atoms with Crippen LogP contribution in [0, 0.1) is 0 Å². The summed E-state index contributed by atoms with van der Waals surface area (Å²) in [6.07, 6.45) is 3.05. The first kappa shape index (κ1) is 10.5. The van der Waals surface area contributed by atoms with Gasteiger partial charge in [-0.25, -0.2) is 0 Å². The smallest absolute Gasteiger partial charge is 0.0175 e. The standard InChI is InChI=1S/C11H14BrN/c1-9(6-7-13)8-10-2-4-11(12)5-3-10/h2-6H,7-8,13H2,1H3/b9-6-. The van der Waals surface area contributed by atoms with E-state index in [9.17, 15) is 0 Å². The Hall–Kier alpha value is -0.600. The fourth-order valence-electron chi connectivity index (χ4n) is 1.20. The average molecular weight is 240 g/mol. The van der Waals surface area contributed by atoms with Crippen LogP contribution >= 0.6 is 15.9 Å². The lowest BCUT2D eigenvalue weighted by Crippen LogP contribution is -1.96. The third-order valence-electron chi connectivity index (χ3n) is 1.86. The molecule has 0 atom stereocenters. The summed E-state index contributed by atoms with van der Waals surface area (Å²) in [6.45, 7) is 2.73. The van der Waals surface area contributed by atoms with E-state index in [4.69, 9.17) is 5.73 Å². The SMILES string of the molecule is C/C(=C/CN)Cc1ccc(Br)cc1. The van der Waals surface area contributed by atoms with Gasteiger partial charge in [0, 0.05) is 11.0 Å². The zero-order chi connectivity index (χ0) is 9.68. The zero-order valence-electron chi connectivity index (χ0n) is 7.76. The Morgan fingerprint density at radius 3 is 2.54 bits per heavy atom. The van der Waals surface area contributed by atoms with E-state index in [2.05, 4.69) is 53.2 Å². The maximum atomic E-state index is 5.42. The highest BCUT2D eigenvalue weighted by atomic mass is 79.9. The minimum atomic E-state index is 0.627. The molecular weight excluding hydrogens is 226 g/mol. The highest BCUT2D eigenvalue weighted by Crippen LogP contribution is 2.13. The Balaban J connectivity index is 2.64. The van der Waals surface area contributed by atoms with Gasteiger partial charge in [0.05, 0.1) is 0 Å². The Morgan fingerprint density at radius 2 is 2.00 bits per heavy atom. The summed E-state index contributed by atoms with van der Waals surface area (Å²) in [5.74, 6) is 0. The van der Waals surface area contributed by atoms with E-state index in [1.807, 2.05) is 0 Å². The van der Waals surface area contributed by atoms with E-state index in [-0.39, 0.29) is 0 Å². The summed E-state index contributed by atoms with van der Waals surface area (Å²) < 4.78 is 1.12. The van der Waals surface area contributed by atoms with Crippen molar-refractivity contribution in [3.63, 3.8) is 0 Å². The molecule has 13 heavy (non-hydrogen) atoms. The number of allylic oxidation sites excluding steroid dienone is 1. The number of nitrogens with two attached hydrogens (primary N) is 1. The Kier molecular flexibility index (Phi) is 4.19. The number of hydrogen-bond acceptors (Lipinski definition) is 1. The minimum Gasteiger partial charge on any atom is -0.327 e. The molecule has 0 fully saturated rings. The lowest BCUT2D eigenvalue weighted by atomic mass is 10.1. The van der Waals surface area contributed by atoms with Crippen LogP contribution in [0.25, 0.3) is 0 Å². The van der Waals surface area contributed by atoms with Crippen molar-refractivity contribution in [2.75, 3.05) is 6.54 Å². The quantitative estimate of drug-likeness (QED) is 0.807. The van der Waals surface area contributed by atoms with Crippen LogP contribution in [-0.2, 0) is 6.42 Å². The molecule has 1 rings (SSSR count). The fourth-order valence-corrected chi connectivity index (χ4v) is 1.46. The molecule has 1 aromatic carbocycles. The van der Waals surface area contributed by atoms with Gasteiger partial charge < -0.3 is 5.73 Å². The lowest BCUT2D eigenvalue weighted by Gasteiger charge is -2.01. The van der Waals surface area contributed by atoms with E-state index in [1.165, 1.54) is 11.1 Å². The average Bonchev–Trinajstić information content (AvgIpc) is 2.09. The Bertz CT molecular complexity index is 287. The van der Waals surface area contributed by atoms with Gasteiger partial charge in [0.2, 0.25) is 0 Å². The van der Waals surface area contributed by atoms with Crippen molar-refractivity contribution in [1.29, 1.82) is 0 Å². The molecule has 70 valence electrons. The van der Waals surface area contributed by atoms with Crippen molar-refractivity contribution in [3.8, 4) is 0 Å². The van der Waals surface area contributed by atoms with Gasteiger partial charge in [-0.3, -0.25) is 0 Å². The number of hydrogen-bond donors (Lipinski definition) is 1. The molecule has 0 aromatic heterocycles. The molecule has 0 saturated carbocycles. The maximum Gasteiger partial charge on any atom is 0.0175 e. The number of halogens is 1. The van der Waals surface area contributed by atoms with Crippen LogP contribution in [0.2, 0.25) is 0 Å². The van der Waals surface area contributed by atoms with Crippen LogP contribution in [-0.4, -0.2) is 6.54 Å². The van der Waals surface area contributed by atoms with Gasteiger partial charge in [-0.2, -0.15) is 0 Å². The molecule has 0 aliphatic heterocycles. The van der Waals surface area contributed by atoms with E-state index < -0.39 is 0 Å². The molecular formula is C11H14BrN. The van der Waals surface area contributed by atoms with Crippen molar-refractivity contribution >= 4 is 15.9 Å². The monoisotopic (exact) mass is 239 g/mol. The van der Waals surface area contributed by atoms with Gasteiger partial charge in [0.25, 0.3) is 0 Å². The lowest BCUT2D eigenvalue weighted by molar-refractivity contribution is 1.10. The molecule has 0 aliphatic carbocycles. The molecule has 0 heterocycles. The molecule has 0 radical (unpaired) electrons. The molecule has 0 aliphatic rings. The summed E-state index contributed by atoms with van der Waals surface area (Å²) in [5.41, 5.74) is 8.07. The molecule has 0 bridgehead atoms. The summed E-state index contributed by atoms with van der Waals surface area (Å²) in [6, 6.07) is 8.37. The van der Waals surface area contributed by atoms with Crippen LogP contribution in [0.4, 0.5) is 0 Å². The number of benzene rings is 1. The highest BCUT2D eigenvalue weighted by molar-refractivity contribution is 9.10. The topological polar surface area (TPSA) is 26.0 Å². The van der Waals surface area contributed by atoms with Crippen LogP contribution in [0.3, 0.4) is 0 Å². The van der Waals surface area contributed by atoms with Gasteiger partial charge in [-0.1, -0.05) is 39.7 Å². The molecule has 0 spiro atoms. The molecule has 2 heteroatoms. The van der Waals surface area contributed by atoms with Crippen molar-refractivity contribution in [2.24, 2.45) is 5.73 Å². The van der Waals surface area contributed by atoms with Crippen molar-refractivity contribution in [3.05, 3.63) is 46.0 Å². The second-order valence-corrected chi connectivity index (χ2v) is 4.01. The van der Waals surface area contributed by atoms with Crippen LogP contribution < -0.4 is 5.73 Å². The van der Waals surface area contributed by atoms with E-state index in [0.29, 0.717) is 6.54 Å². The first-order chi connectivity index (χ1) is 6.22. The summed E-state index contributed by atoms with van der Waals surface area (Å²) in [5, 5.41) is 0. The number of rotatable bonds is 3. The van der Waals surface area contributed by atoms with Crippen LogP contribution in [0.5, 0.6) is 0 Å². The Morgan fingerprint density at radius 1 is 1.38 bits per heavy atom. The third-order valence-corrected chi connectivity index (χ3v) is 2.39. The summed E-state index contributed by atoms with van der Waals surface area (Å²) >= 11 is 3.41. The molecule has 1 nitrogen and oxygen atoms in total. The molecule has 0 amide bonds. The minimum absolute atomic E-state index is 0.627. The van der Waals surface area contributed by atoms with Gasteiger partial charge in [0.15, 0.2) is 0 Å². The second-order valence-electron chi connectivity index (χ2n) is 3.09. The summed E-state index contributed by atoms with van der Waals surface area (Å²) in [7, 11) is 0. The Labute approximate surface area is 87.8 Å². The van der Waals surface area contributed by atoms with Crippen molar-refractivity contribution in [1.82, 2.24) is 0 Å². The molecule has 1 aromatic rings. The van der Waals surface area contributed by atoms with Crippen LogP contribution in [0.1, 0.15) is 12.5 Å². The van der Waals surface area contributed by atoms with E-state index in [0.717, 1.165) is 10.9 Å². The first-order valence-corrected chi connectivity index (χ1v) is 5.12. The normalized spacial score (nSPS) is 11.8.